The first-order valence-corrected chi connectivity index (χ1v) is 10.1. The van der Waals surface area contributed by atoms with E-state index in [1.54, 1.807) is 12.1 Å². The smallest absolute Gasteiger partial charge is 0.335 e. The number of hydrogen-bond acceptors (Lipinski definition) is 4. The Morgan fingerprint density at radius 2 is 1.56 bits per heavy atom. The number of carbonyl (C=O) groups is 1. The Kier molecular flexibility index (Phi) is 12.0. The zero-order valence-electron chi connectivity index (χ0n) is 16.9. The fraction of sp³-hybridized carbons (Fsp3) is 0.591. The standard InChI is InChI=1S/C14H28N2.C8H8O3/c1-3-4-5-6-7-8-9-10-11-16-13-12-15(2)14-16;9-5-6-1-3-7(4-2-6)8(10)11/h12-13H,3-11,14H2,1-2H3;1-4,9H,5H2,(H,10,11). The molecule has 0 aliphatic carbocycles. The summed E-state index contributed by atoms with van der Waals surface area (Å²) in [5.41, 5.74) is 0.956. The summed E-state index contributed by atoms with van der Waals surface area (Å²) in [5, 5.41) is 17.1. The number of hydrogen-bond donors (Lipinski definition) is 2. The van der Waals surface area contributed by atoms with Crippen molar-refractivity contribution in [3.05, 3.63) is 47.8 Å². The van der Waals surface area contributed by atoms with Gasteiger partial charge in [0, 0.05) is 26.0 Å². The topological polar surface area (TPSA) is 64.0 Å². The number of aromatic carboxylic acids is 1. The van der Waals surface area contributed by atoms with Gasteiger partial charge in [0.05, 0.1) is 18.8 Å². The van der Waals surface area contributed by atoms with Crippen LogP contribution >= 0.6 is 0 Å². The normalized spacial score (nSPS) is 12.9. The first kappa shape index (κ1) is 23.0. The molecule has 0 bridgehead atoms. The molecule has 1 heterocycles. The van der Waals surface area contributed by atoms with E-state index >= 15 is 0 Å². The van der Waals surface area contributed by atoms with Crippen LogP contribution in [-0.2, 0) is 6.61 Å². The summed E-state index contributed by atoms with van der Waals surface area (Å²) < 4.78 is 0. The van der Waals surface area contributed by atoms with Crippen molar-refractivity contribution in [3.63, 3.8) is 0 Å². The summed E-state index contributed by atoms with van der Waals surface area (Å²) in [4.78, 5) is 15.0. The van der Waals surface area contributed by atoms with Crippen molar-refractivity contribution in [2.24, 2.45) is 0 Å². The lowest BCUT2D eigenvalue weighted by Crippen LogP contribution is -2.23. The van der Waals surface area contributed by atoms with Crippen LogP contribution in [0.3, 0.4) is 0 Å². The number of rotatable bonds is 11. The van der Waals surface area contributed by atoms with Gasteiger partial charge in [0.25, 0.3) is 0 Å². The van der Waals surface area contributed by atoms with Crippen LogP contribution in [0.4, 0.5) is 0 Å². The highest BCUT2D eigenvalue weighted by atomic mass is 16.4. The van der Waals surface area contributed by atoms with Crippen molar-refractivity contribution in [3.8, 4) is 0 Å². The van der Waals surface area contributed by atoms with E-state index in [0.29, 0.717) is 0 Å². The molecule has 0 saturated heterocycles. The van der Waals surface area contributed by atoms with Gasteiger partial charge < -0.3 is 20.0 Å². The van der Waals surface area contributed by atoms with E-state index in [0.717, 1.165) is 12.2 Å². The van der Waals surface area contributed by atoms with Gasteiger partial charge in [-0.3, -0.25) is 0 Å². The van der Waals surface area contributed by atoms with Gasteiger partial charge in [-0.1, -0.05) is 64.0 Å². The fourth-order valence-electron chi connectivity index (χ4n) is 2.94. The van der Waals surface area contributed by atoms with E-state index in [9.17, 15) is 4.79 Å². The Bertz CT molecular complexity index is 543. The van der Waals surface area contributed by atoms with Crippen LogP contribution in [0.1, 0.15) is 74.2 Å². The minimum absolute atomic E-state index is 0.0557. The van der Waals surface area contributed by atoms with Crippen molar-refractivity contribution in [1.82, 2.24) is 9.80 Å². The average molecular weight is 377 g/mol. The Balaban J connectivity index is 0.000000289. The molecule has 0 atom stereocenters. The monoisotopic (exact) mass is 376 g/mol. The molecule has 1 aromatic carbocycles. The molecule has 0 unspecified atom stereocenters. The van der Waals surface area contributed by atoms with Crippen LogP contribution in [0.15, 0.2) is 36.7 Å². The average Bonchev–Trinajstić information content (AvgIpc) is 3.09. The van der Waals surface area contributed by atoms with E-state index < -0.39 is 5.97 Å². The first-order chi connectivity index (χ1) is 13.1. The second kappa shape index (κ2) is 14.1. The van der Waals surface area contributed by atoms with Gasteiger partial charge in [0.15, 0.2) is 0 Å². The summed E-state index contributed by atoms with van der Waals surface area (Å²) in [5.74, 6) is -0.950. The van der Waals surface area contributed by atoms with Gasteiger partial charge >= 0.3 is 5.97 Å². The molecule has 1 aromatic rings. The SMILES string of the molecule is CCCCCCCCCCN1C=CN(C)C1.O=C(O)c1ccc(CO)cc1. The van der Waals surface area contributed by atoms with Crippen molar-refractivity contribution in [2.75, 3.05) is 20.3 Å². The lowest BCUT2D eigenvalue weighted by Gasteiger charge is -2.17. The molecule has 27 heavy (non-hydrogen) atoms. The molecule has 5 heteroatoms. The maximum Gasteiger partial charge on any atom is 0.335 e. The van der Waals surface area contributed by atoms with Crippen molar-refractivity contribution >= 4 is 5.97 Å². The van der Waals surface area contributed by atoms with Crippen molar-refractivity contribution in [1.29, 1.82) is 0 Å². The van der Waals surface area contributed by atoms with E-state index in [2.05, 4.69) is 36.2 Å². The van der Waals surface area contributed by atoms with Gasteiger partial charge in [-0.2, -0.15) is 0 Å². The second-order valence-corrected chi connectivity index (χ2v) is 7.14. The molecule has 2 N–H and O–H groups in total. The highest BCUT2D eigenvalue weighted by molar-refractivity contribution is 5.87. The summed E-state index contributed by atoms with van der Waals surface area (Å²) in [6, 6.07) is 6.11. The maximum absolute atomic E-state index is 10.3. The van der Waals surface area contributed by atoms with E-state index in [-0.39, 0.29) is 12.2 Å². The van der Waals surface area contributed by atoms with Gasteiger partial charge in [-0.05, 0) is 24.1 Å². The van der Waals surface area contributed by atoms with Crippen LogP contribution in [0.2, 0.25) is 0 Å². The number of nitrogens with zero attached hydrogens (tertiary/aromatic N) is 2. The lowest BCUT2D eigenvalue weighted by atomic mass is 10.1. The minimum atomic E-state index is -0.950. The molecule has 0 radical (unpaired) electrons. The largest absolute Gasteiger partial charge is 0.478 e. The van der Waals surface area contributed by atoms with Gasteiger partial charge in [0.1, 0.15) is 0 Å². The molecular weight excluding hydrogens is 340 g/mol. The van der Waals surface area contributed by atoms with Gasteiger partial charge in [-0.25, -0.2) is 4.79 Å². The van der Waals surface area contributed by atoms with Gasteiger partial charge in [-0.15, -0.1) is 0 Å². The third kappa shape index (κ3) is 10.7. The molecular formula is C22H36N2O3. The molecule has 152 valence electrons. The number of benzene rings is 1. The third-order valence-corrected chi connectivity index (χ3v) is 4.62. The molecule has 1 aliphatic heterocycles. The highest BCUT2D eigenvalue weighted by Crippen LogP contribution is 2.10. The first-order valence-electron chi connectivity index (χ1n) is 10.1. The fourth-order valence-corrected chi connectivity index (χ4v) is 2.94. The maximum atomic E-state index is 10.3. The number of carboxylic acid groups (broad SMARTS) is 1. The van der Waals surface area contributed by atoms with Crippen LogP contribution in [0.5, 0.6) is 0 Å². The number of unbranched alkanes of at least 4 members (excludes halogenated alkanes) is 7. The van der Waals surface area contributed by atoms with Crippen LogP contribution in [0.25, 0.3) is 0 Å². The Morgan fingerprint density at radius 3 is 2.04 bits per heavy atom. The predicted octanol–water partition coefficient (Wildman–Crippen LogP) is 4.68. The minimum Gasteiger partial charge on any atom is -0.478 e. The van der Waals surface area contributed by atoms with Crippen molar-refractivity contribution in [2.45, 2.75) is 64.9 Å². The molecule has 0 saturated carbocycles. The number of carboxylic acids is 1. The number of aliphatic hydroxyl groups excluding tert-OH is 1. The van der Waals surface area contributed by atoms with Gasteiger partial charge in [0.2, 0.25) is 0 Å². The highest BCUT2D eigenvalue weighted by Gasteiger charge is 2.06. The summed E-state index contributed by atoms with van der Waals surface area (Å²) >= 11 is 0. The van der Waals surface area contributed by atoms with E-state index in [1.165, 1.54) is 70.0 Å². The summed E-state index contributed by atoms with van der Waals surface area (Å²) in [6.07, 6.45) is 15.7. The Hall–Kier alpha value is -2.01. The van der Waals surface area contributed by atoms with Crippen LogP contribution < -0.4 is 0 Å². The molecule has 0 spiro atoms. The zero-order chi connectivity index (χ0) is 19.9. The Labute approximate surface area is 164 Å². The number of aliphatic hydroxyl groups is 1. The molecule has 2 rings (SSSR count). The molecule has 1 aliphatic rings. The quantitative estimate of drug-likeness (QED) is 0.549. The van der Waals surface area contributed by atoms with Crippen molar-refractivity contribution < 1.29 is 15.0 Å². The molecule has 0 amide bonds. The molecule has 5 nitrogen and oxygen atoms in total. The lowest BCUT2D eigenvalue weighted by molar-refractivity contribution is 0.0697. The summed E-state index contributed by atoms with van der Waals surface area (Å²) in [7, 11) is 2.13. The van der Waals surface area contributed by atoms with E-state index in [1.807, 2.05) is 0 Å². The predicted molar refractivity (Wildman–Crippen MR) is 110 cm³/mol. The Morgan fingerprint density at radius 1 is 0.963 bits per heavy atom. The van der Waals surface area contributed by atoms with Crippen LogP contribution in [0, 0.1) is 0 Å². The molecule has 0 fully saturated rings. The van der Waals surface area contributed by atoms with Crippen LogP contribution in [-0.4, -0.2) is 46.2 Å². The summed E-state index contributed by atoms with van der Waals surface area (Å²) in [6.45, 7) is 4.53. The zero-order valence-corrected chi connectivity index (χ0v) is 16.9. The van der Waals surface area contributed by atoms with E-state index in [4.69, 9.17) is 10.2 Å². The molecule has 0 aromatic heterocycles. The second-order valence-electron chi connectivity index (χ2n) is 7.14. The third-order valence-electron chi connectivity index (χ3n) is 4.62.